The maximum atomic E-state index is 13.2. The van der Waals surface area contributed by atoms with E-state index in [9.17, 15) is 4.79 Å². The van der Waals surface area contributed by atoms with Crippen LogP contribution < -0.4 is 5.32 Å². The second-order valence-electron chi connectivity index (χ2n) is 6.48. The third kappa shape index (κ3) is 2.37. The Hall–Kier alpha value is -1.29. The predicted molar refractivity (Wildman–Crippen MR) is 77.0 cm³/mol. The van der Waals surface area contributed by atoms with Gasteiger partial charge in [-0.05, 0) is 43.9 Å². The lowest BCUT2D eigenvalue weighted by molar-refractivity contribution is -0.145. The molecule has 3 rings (SSSR count). The molecule has 1 aromatic heterocycles. The topological polar surface area (TPSA) is 45.5 Å². The first kappa shape index (κ1) is 13.7. The average molecular weight is 276 g/mol. The van der Waals surface area contributed by atoms with E-state index in [0.29, 0.717) is 24.4 Å². The Balaban J connectivity index is 1.81. The van der Waals surface area contributed by atoms with Crippen LogP contribution >= 0.6 is 0 Å². The van der Waals surface area contributed by atoms with E-state index >= 15 is 0 Å². The summed E-state index contributed by atoms with van der Waals surface area (Å²) >= 11 is 0. The van der Waals surface area contributed by atoms with Gasteiger partial charge in [0, 0.05) is 12.6 Å². The maximum Gasteiger partial charge on any atom is 0.231 e. The molecule has 1 amide bonds. The van der Waals surface area contributed by atoms with Crippen molar-refractivity contribution in [3.63, 3.8) is 0 Å². The van der Waals surface area contributed by atoms with Crippen LogP contribution in [0.3, 0.4) is 0 Å². The molecule has 1 aromatic rings. The summed E-state index contributed by atoms with van der Waals surface area (Å²) < 4.78 is 5.44. The summed E-state index contributed by atoms with van der Waals surface area (Å²) in [5, 5.41) is 3.38. The number of rotatable bonds is 5. The van der Waals surface area contributed by atoms with Crippen molar-refractivity contribution in [3.05, 3.63) is 24.2 Å². The maximum absolute atomic E-state index is 13.2. The normalized spacial score (nSPS) is 26.1. The predicted octanol–water partition coefficient (Wildman–Crippen LogP) is 2.41. The highest BCUT2D eigenvalue weighted by Gasteiger charge is 2.48. The third-order valence-corrected chi connectivity index (χ3v) is 4.87. The second kappa shape index (κ2) is 5.24. The number of carbonyl (C=O) groups excluding carboxylic acids is 1. The van der Waals surface area contributed by atoms with Crippen LogP contribution in [0.2, 0.25) is 0 Å². The number of furan rings is 1. The molecule has 1 N–H and O–H groups in total. The highest BCUT2D eigenvalue weighted by Crippen LogP contribution is 2.40. The van der Waals surface area contributed by atoms with Crippen LogP contribution in [0, 0.1) is 11.3 Å². The van der Waals surface area contributed by atoms with Crippen LogP contribution in [0.1, 0.15) is 38.9 Å². The SMILES string of the molecule is CC(C)C1(C(=O)N(Cc2ccco2)C2CC2)CCNC1. The Labute approximate surface area is 120 Å². The van der Waals surface area contributed by atoms with Crippen molar-refractivity contribution >= 4 is 5.91 Å². The Kier molecular flexibility index (Phi) is 3.59. The van der Waals surface area contributed by atoms with Gasteiger partial charge in [-0.1, -0.05) is 13.8 Å². The molecule has 20 heavy (non-hydrogen) atoms. The van der Waals surface area contributed by atoms with E-state index in [4.69, 9.17) is 4.42 Å². The van der Waals surface area contributed by atoms with Gasteiger partial charge in [-0.25, -0.2) is 0 Å². The second-order valence-corrected chi connectivity index (χ2v) is 6.48. The molecule has 110 valence electrons. The number of amides is 1. The van der Waals surface area contributed by atoms with Crippen molar-refractivity contribution < 1.29 is 9.21 Å². The number of nitrogens with one attached hydrogen (secondary N) is 1. The molecule has 1 aliphatic carbocycles. The van der Waals surface area contributed by atoms with E-state index in [1.165, 1.54) is 0 Å². The van der Waals surface area contributed by atoms with Gasteiger partial charge in [-0.3, -0.25) is 4.79 Å². The van der Waals surface area contributed by atoms with E-state index in [0.717, 1.165) is 38.1 Å². The molecule has 1 atom stereocenters. The third-order valence-electron chi connectivity index (χ3n) is 4.87. The van der Waals surface area contributed by atoms with Gasteiger partial charge < -0.3 is 14.6 Å². The van der Waals surface area contributed by atoms with Crippen LogP contribution in [-0.4, -0.2) is 29.9 Å². The summed E-state index contributed by atoms with van der Waals surface area (Å²) in [7, 11) is 0. The summed E-state index contributed by atoms with van der Waals surface area (Å²) in [6.45, 7) is 6.71. The van der Waals surface area contributed by atoms with Crippen LogP contribution in [0.5, 0.6) is 0 Å². The lowest BCUT2D eigenvalue weighted by Crippen LogP contribution is -2.48. The fourth-order valence-electron chi connectivity index (χ4n) is 3.24. The van der Waals surface area contributed by atoms with Crippen molar-refractivity contribution in [3.8, 4) is 0 Å². The first-order valence-electron chi connectivity index (χ1n) is 7.67. The minimum absolute atomic E-state index is 0.227. The molecule has 2 aliphatic rings. The highest BCUT2D eigenvalue weighted by molar-refractivity contribution is 5.84. The molecule has 4 nitrogen and oxygen atoms in total. The molecule has 1 aliphatic heterocycles. The van der Waals surface area contributed by atoms with Crippen molar-refractivity contribution in [1.29, 1.82) is 0 Å². The van der Waals surface area contributed by atoms with E-state index < -0.39 is 0 Å². The number of hydrogen-bond acceptors (Lipinski definition) is 3. The lowest BCUT2D eigenvalue weighted by Gasteiger charge is -2.36. The Bertz CT molecular complexity index is 457. The van der Waals surface area contributed by atoms with E-state index in [2.05, 4.69) is 24.1 Å². The van der Waals surface area contributed by atoms with Crippen molar-refractivity contribution in [2.45, 2.75) is 45.7 Å². The van der Waals surface area contributed by atoms with Crippen molar-refractivity contribution in [2.24, 2.45) is 11.3 Å². The minimum Gasteiger partial charge on any atom is -0.467 e. The number of nitrogens with zero attached hydrogens (tertiary/aromatic N) is 1. The Morgan fingerprint density at radius 3 is 2.85 bits per heavy atom. The molecule has 2 fully saturated rings. The number of hydrogen-bond donors (Lipinski definition) is 1. The molecule has 1 unspecified atom stereocenters. The zero-order chi connectivity index (χ0) is 14.2. The number of carbonyl (C=O) groups is 1. The van der Waals surface area contributed by atoms with E-state index in [1.54, 1.807) is 6.26 Å². The average Bonchev–Trinajstić information content (AvgIpc) is 2.95. The first-order valence-corrected chi connectivity index (χ1v) is 7.67. The standard InChI is InChI=1S/C16H24N2O2/c1-12(2)16(7-8-17-11-16)15(19)18(13-5-6-13)10-14-4-3-9-20-14/h3-4,9,12-13,17H,5-8,10-11H2,1-2H3. The van der Waals surface area contributed by atoms with Gasteiger partial charge in [0.2, 0.25) is 5.91 Å². The Morgan fingerprint density at radius 2 is 2.35 bits per heavy atom. The van der Waals surface area contributed by atoms with Crippen LogP contribution in [0.15, 0.2) is 22.8 Å². The zero-order valence-corrected chi connectivity index (χ0v) is 12.4. The van der Waals surface area contributed by atoms with Crippen LogP contribution in [0.4, 0.5) is 0 Å². The molecule has 0 radical (unpaired) electrons. The van der Waals surface area contributed by atoms with Gasteiger partial charge in [0.1, 0.15) is 5.76 Å². The van der Waals surface area contributed by atoms with Gasteiger partial charge in [-0.15, -0.1) is 0 Å². The lowest BCUT2D eigenvalue weighted by atomic mass is 9.75. The molecule has 0 spiro atoms. The molecule has 0 bridgehead atoms. The molecule has 0 aromatic carbocycles. The van der Waals surface area contributed by atoms with Gasteiger partial charge in [0.15, 0.2) is 0 Å². The van der Waals surface area contributed by atoms with Crippen molar-refractivity contribution in [1.82, 2.24) is 10.2 Å². The smallest absolute Gasteiger partial charge is 0.231 e. The Morgan fingerprint density at radius 1 is 1.55 bits per heavy atom. The van der Waals surface area contributed by atoms with E-state index in [-0.39, 0.29) is 5.41 Å². The molecular formula is C16H24N2O2. The summed E-state index contributed by atoms with van der Waals surface area (Å²) in [5.41, 5.74) is -0.227. The van der Waals surface area contributed by atoms with Gasteiger partial charge in [0.05, 0.1) is 18.2 Å². The van der Waals surface area contributed by atoms with E-state index in [1.807, 2.05) is 12.1 Å². The van der Waals surface area contributed by atoms with Gasteiger partial charge in [0.25, 0.3) is 0 Å². The van der Waals surface area contributed by atoms with Crippen LogP contribution in [-0.2, 0) is 11.3 Å². The van der Waals surface area contributed by atoms with Gasteiger partial charge in [-0.2, -0.15) is 0 Å². The van der Waals surface area contributed by atoms with Crippen molar-refractivity contribution in [2.75, 3.05) is 13.1 Å². The van der Waals surface area contributed by atoms with Gasteiger partial charge >= 0.3 is 0 Å². The fraction of sp³-hybridized carbons (Fsp3) is 0.688. The molecule has 2 heterocycles. The quantitative estimate of drug-likeness (QED) is 0.898. The summed E-state index contributed by atoms with van der Waals surface area (Å²) in [6, 6.07) is 4.27. The summed E-state index contributed by atoms with van der Waals surface area (Å²) in [4.78, 5) is 15.2. The summed E-state index contributed by atoms with van der Waals surface area (Å²) in [5.74, 6) is 1.56. The first-order chi connectivity index (χ1) is 9.63. The monoisotopic (exact) mass is 276 g/mol. The molecular weight excluding hydrogens is 252 g/mol. The minimum atomic E-state index is -0.227. The molecule has 1 saturated carbocycles. The zero-order valence-electron chi connectivity index (χ0n) is 12.4. The highest BCUT2D eigenvalue weighted by atomic mass is 16.3. The summed E-state index contributed by atoms with van der Waals surface area (Å²) in [6.07, 6.45) is 4.90. The molecule has 4 heteroatoms. The molecule has 1 saturated heterocycles. The largest absolute Gasteiger partial charge is 0.467 e. The van der Waals surface area contributed by atoms with Crippen LogP contribution in [0.25, 0.3) is 0 Å². The fourth-order valence-corrected chi connectivity index (χ4v) is 3.24.